The maximum atomic E-state index is 5.60. The molecular formula is C14H23IO2. The summed E-state index contributed by atoms with van der Waals surface area (Å²) >= 11 is 2.42. The van der Waals surface area contributed by atoms with Crippen LogP contribution < -0.4 is 0 Å². The molecule has 98 valence electrons. The Morgan fingerprint density at radius 1 is 1.12 bits per heavy atom. The zero-order valence-corrected chi connectivity index (χ0v) is 12.7. The van der Waals surface area contributed by atoms with E-state index in [1.165, 1.54) is 36.5 Å². The van der Waals surface area contributed by atoms with Gasteiger partial charge in [-0.15, -0.1) is 11.8 Å². The number of ether oxygens (including phenoxy) is 2. The van der Waals surface area contributed by atoms with Gasteiger partial charge in [0.05, 0.1) is 6.61 Å². The molecule has 0 amide bonds. The third kappa shape index (κ3) is 8.87. The summed E-state index contributed by atoms with van der Waals surface area (Å²) in [7, 11) is 0. The molecule has 1 atom stereocenters. The molecule has 0 aliphatic carbocycles. The van der Waals surface area contributed by atoms with Crippen LogP contribution in [0.5, 0.6) is 0 Å². The third-order valence-electron chi connectivity index (χ3n) is 2.73. The summed E-state index contributed by atoms with van der Waals surface area (Å²) in [6.45, 7) is 1.57. The van der Waals surface area contributed by atoms with Crippen molar-refractivity contribution < 1.29 is 9.47 Å². The fourth-order valence-corrected chi connectivity index (χ4v) is 2.28. The van der Waals surface area contributed by atoms with Crippen molar-refractivity contribution in [2.24, 2.45) is 0 Å². The molecule has 1 rings (SSSR count). The predicted octanol–water partition coefficient (Wildman–Crippen LogP) is 3.92. The first-order valence-electron chi connectivity index (χ1n) is 6.68. The van der Waals surface area contributed by atoms with Crippen molar-refractivity contribution in [2.45, 2.75) is 57.7 Å². The first-order chi connectivity index (χ1) is 8.43. The van der Waals surface area contributed by atoms with E-state index >= 15 is 0 Å². The normalized spacial score (nSPS) is 19.7. The van der Waals surface area contributed by atoms with Crippen LogP contribution in [0.2, 0.25) is 0 Å². The van der Waals surface area contributed by atoms with Gasteiger partial charge in [0.25, 0.3) is 0 Å². The minimum absolute atomic E-state index is 0.0363. The molecule has 2 nitrogen and oxygen atoms in total. The van der Waals surface area contributed by atoms with Crippen molar-refractivity contribution in [1.29, 1.82) is 0 Å². The standard InChI is InChI=1S/C14H23IO2/c15-11-7-4-2-1-3-5-8-12-16-14-10-6-9-13-17-14/h14H,1-2,4,6-13H2. The summed E-state index contributed by atoms with van der Waals surface area (Å²) in [5.41, 5.74) is 0. The Labute approximate surface area is 119 Å². The van der Waals surface area contributed by atoms with Crippen LogP contribution >= 0.6 is 22.6 Å². The van der Waals surface area contributed by atoms with Crippen LogP contribution in [0.1, 0.15) is 51.4 Å². The number of unbranched alkanes of at least 4 members (excludes halogenated alkanes) is 3. The summed E-state index contributed by atoms with van der Waals surface area (Å²) in [5.74, 6) is 6.38. The lowest BCUT2D eigenvalue weighted by atomic mass is 10.2. The molecule has 0 N–H and O–H groups in total. The zero-order valence-electron chi connectivity index (χ0n) is 10.5. The van der Waals surface area contributed by atoms with Crippen molar-refractivity contribution in [2.75, 3.05) is 17.6 Å². The van der Waals surface area contributed by atoms with Gasteiger partial charge in [0, 0.05) is 19.4 Å². The largest absolute Gasteiger partial charge is 0.353 e. The monoisotopic (exact) mass is 350 g/mol. The molecule has 0 aromatic heterocycles. The molecule has 1 saturated heterocycles. The number of halogens is 1. The molecule has 1 aliphatic rings. The minimum Gasteiger partial charge on any atom is -0.353 e. The highest BCUT2D eigenvalue weighted by Gasteiger charge is 2.12. The van der Waals surface area contributed by atoms with Gasteiger partial charge in [-0.05, 0) is 36.5 Å². The first-order valence-corrected chi connectivity index (χ1v) is 8.21. The van der Waals surface area contributed by atoms with Gasteiger partial charge in [0.15, 0.2) is 6.29 Å². The highest BCUT2D eigenvalue weighted by molar-refractivity contribution is 14.1. The van der Waals surface area contributed by atoms with E-state index in [9.17, 15) is 0 Å². The average Bonchev–Trinajstić information content (AvgIpc) is 2.38. The zero-order chi connectivity index (χ0) is 12.2. The summed E-state index contributed by atoms with van der Waals surface area (Å²) < 4.78 is 12.3. The molecule has 1 aliphatic heterocycles. The maximum Gasteiger partial charge on any atom is 0.157 e. The molecule has 0 aromatic carbocycles. The fourth-order valence-electron chi connectivity index (χ4n) is 1.75. The van der Waals surface area contributed by atoms with Crippen molar-refractivity contribution >= 4 is 22.6 Å². The maximum absolute atomic E-state index is 5.60. The molecule has 1 unspecified atom stereocenters. The number of alkyl halides is 1. The third-order valence-corrected chi connectivity index (χ3v) is 3.49. The van der Waals surface area contributed by atoms with Crippen molar-refractivity contribution in [3.05, 3.63) is 0 Å². The second-order valence-electron chi connectivity index (χ2n) is 4.27. The Morgan fingerprint density at radius 2 is 2.00 bits per heavy atom. The molecular weight excluding hydrogens is 327 g/mol. The van der Waals surface area contributed by atoms with Gasteiger partial charge < -0.3 is 9.47 Å². The molecule has 1 fully saturated rings. The van der Waals surface area contributed by atoms with Gasteiger partial charge in [-0.25, -0.2) is 0 Å². The van der Waals surface area contributed by atoms with Crippen LogP contribution in [0.15, 0.2) is 0 Å². The average molecular weight is 350 g/mol. The smallest absolute Gasteiger partial charge is 0.157 e. The van der Waals surface area contributed by atoms with E-state index in [-0.39, 0.29) is 6.29 Å². The van der Waals surface area contributed by atoms with E-state index in [0.717, 1.165) is 25.9 Å². The molecule has 0 aromatic rings. The summed E-state index contributed by atoms with van der Waals surface area (Å²) in [6, 6.07) is 0. The molecule has 17 heavy (non-hydrogen) atoms. The van der Waals surface area contributed by atoms with Crippen molar-refractivity contribution in [3.63, 3.8) is 0 Å². The van der Waals surface area contributed by atoms with Gasteiger partial charge in [-0.1, -0.05) is 29.0 Å². The first kappa shape index (κ1) is 15.3. The van der Waals surface area contributed by atoms with Crippen LogP contribution in [0, 0.1) is 11.8 Å². The van der Waals surface area contributed by atoms with Gasteiger partial charge in [0.1, 0.15) is 0 Å². The van der Waals surface area contributed by atoms with E-state index in [4.69, 9.17) is 9.47 Å². The lowest BCUT2D eigenvalue weighted by molar-refractivity contribution is -0.161. The molecule has 3 heteroatoms. The van der Waals surface area contributed by atoms with Gasteiger partial charge in [-0.2, -0.15) is 0 Å². The number of hydrogen-bond donors (Lipinski definition) is 0. The van der Waals surface area contributed by atoms with E-state index < -0.39 is 0 Å². The molecule has 0 radical (unpaired) electrons. The minimum atomic E-state index is 0.0363. The molecule has 0 saturated carbocycles. The quantitative estimate of drug-likeness (QED) is 0.300. The van der Waals surface area contributed by atoms with Crippen LogP contribution in [0.3, 0.4) is 0 Å². The fraction of sp³-hybridized carbons (Fsp3) is 0.857. The number of hydrogen-bond acceptors (Lipinski definition) is 2. The topological polar surface area (TPSA) is 18.5 Å². The Kier molecular flexibility index (Phi) is 10.2. The van der Waals surface area contributed by atoms with E-state index in [1.54, 1.807) is 0 Å². The van der Waals surface area contributed by atoms with Gasteiger partial charge >= 0.3 is 0 Å². The Morgan fingerprint density at radius 3 is 2.76 bits per heavy atom. The molecule has 0 bridgehead atoms. The van der Waals surface area contributed by atoms with E-state index in [0.29, 0.717) is 6.61 Å². The van der Waals surface area contributed by atoms with Gasteiger partial charge in [0.2, 0.25) is 0 Å². The van der Waals surface area contributed by atoms with Crippen LogP contribution in [0.4, 0.5) is 0 Å². The Balaban J connectivity index is 1.87. The summed E-state index contributed by atoms with van der Waals surface area (Å²) in [4.78, 5) is 0. The highest BCUT2D eigenvalue weighted by Crippen LogP contribution is 2.13. The van der Waals surface area contributed by atoms with Gasteiger partial charge in [-0.3, -0.25) is 0 Å². The lowest BCUT2D eigenvalue weighted by Gasteiger charge is -2.22. The second-order valence-corrected chi connectivity index (χ2v) is 5.35. The highest BCUT2D eigenvalue weighted by atomic mass is 127. The summed E-state index contributed by atoms with van der Waals surface area (Å²) in [6.07, 6.45) is 9.24. The van der Waals surface area contributed by atoms with Crippen LogP contribution in [-0.4, -0.2) is 23.9 Å². The lowest BCUT2D eigenvalue weighted by Crippen LogP contribution is -2.22. The van der Waals surface area contributed by atoms with E-state index in [1.807, 2.05) is 0 Å². The molecule has 0 spiro atoms. The Hall–Kier alpha value is 0.210. The summed E-state index contributed by atoms with van der Waals surface area (Å²) in [5, 5.41) is 0. The van der Waals surface area contributed by atoms with Crippen LogP contribution in [0.25, 0.3) is 0 Å². The number of rotatable bonds is 7. The van der Waals surface area contributed by atoms with Crippen molar-refractivity contribution in [3.8, 4) is 11.8 Å². The Bertz CT molecular complexity index is 226. The molecule has 1 heterocycles. The predicted molar refractivity (Wildman–Crippen MR) is 79.3 cm³/mol. The SMILES string of the molecule is ICCCCCC#CCCOC1CCCCO1. The van der Waals surface area contributed by atoms with Crippen molar-refractivity contribution in [1.82, 2.24) is 0 Å². The van der Waals surface area contributed by atoms with E-state index in [2.05, 4.69) is 34.4 Å². The second kappa shape index (κ2) is 11.3. The van der Waals surface area contributed by atoms with Crippen LogP contribution in [-0.2, 0) is 9.47 Å².